The van der Waals surface area contributed by atoms with Gasteiger partial charge in [-0.05, 0) is 50.1 Å². The average Bonchev–Trinajstić information content (AvgIpc) is 2.70. The van der Waals surface area contributed by atoms with E-state index in [1.54, 1.807) is 25.1 Å². The van der Waals surface area contributed by atoms with Crippen LogP contribution < -0.4 is 9.46 Å². The first-order valence-corrected chi connectivity index (χ1v) is 12.1. The summed E-state index contributed by atoms with van der Waals surface area (Å²) < 4.78 is 60.8. The Morgan fingerprint density at radius 1 is 0.964 bits per heavy atom. The summed E-state index contributed by atoms with van der Waals surface area (Å²) in [7, 11) is -7.61. The minimum atomic E-state index is -3.82. The molecule has 0 spiro atoms. The van der Waals surface area contributed by atoms with Crippen molar-refractivity contribution in [1.29, 1.82) is 0 Å². The second kappa shape index (κ2) is 8.50. The van der Waals surface area contributed by atoms with Crippen LogP contribution in [0.1, 0.15) is 26.2 Å². The average molecular weight is 425 g/mol. The minimum absolute atomic E-state index is 0.0236. The molecule has 1 heterocycles. The Labute approximate surface area is 166 Å². The monoisotopic (exact) mass is 424 g/mol. The summed E-state index contributed by atoms with van der Waals surface area (Å²) in [6, 6.07) is 12.2. The molecule has 0 radical (unpaired) electrons. The molecule has 1 fully saturated rings. The van der Waals surface area contributed by atoms with Crippen LogP contribution in [0, 0.1) is 0 Å². The fraction of sp³-hybridized carbons (Fsp3) is 0.368. The third kappa shape index (κ3) is 4.48. The lowest BCUT2D eigenvalue weighted by Gasteiger charge is -2.27. The maximum Gasteiger partial charge on any atom is 0.261 e. The van der Waals surface area contributed by atoms with Crippen molar-refractivity contribution < 1.29 is 21.6 Å². The minimum Gasteiger partial charge on any atom is -0.492 e. The van der Waals surface area contributed by atoms with Crippen molar-refractivity contribution in [3.05, 3.63) is 48.5 Å². The van der Waals surface area contributed by atoms with Gasteiger partial charge in [-0.2, -0.15) is 4.31 Å². The number of piperidine rings is 1. The van der Waals surface area contributed by atoms with Gasteiger partial charge in [-0.1, -0.05) is 24.6 Å². The standard InChI is InChI=1S/C19H24N2O5S2/c1-2-26-18-12-11-16(20-27(22,23)17-9-5-3-6-10-17)15-19(18)28(24,25)21-13-7-4-8-14-21/h3,5-6,9-12,15,20H,2,4,7-8,13-14H2,1H3. The van der Waals surface area contributed by atoms with E-state index >= 15 is 0 Å². The zero-order valence-corrected chi connectivity index (χ0v) is 17.3. The van der Waals surface area contributed by atoms with Gasteiger partial charge in [0.05, 0.1) is 17.2 Å². The van der Waals surface area contributed by atoms with Crippen LogP contribution in [-0.2, 0) is 20.0 Å². The van der Waals surface area contributed by atoms with Crippen LogP contribution in [0.3, 0.4) is 0 Å². The van der Waals surface area contributed by atoms with Crippen molar-refractivity contribution >= 4 is 25.7 Å². The topological polar surface area (TPSA) is 92.8 Å². The predicted octanol–water partition coefficient (Wildman–Crippen LogP) is 3.06. The Morgan fingerprint density at radius 2 is 1.64 bits per heavy atom. The van der Waals surface area contributed by atoms with Gasteiger partial charge in [0.15, 0.2) is 0 Å². The third-order valence-electron chi connectivity index (χ3n) is 4.48. The van der Waals surface area contributed by atoms with Gasteiger partial charge >= 0.3 is 0 Å². The molecule has 2 aromatic carbocycles. The number of ether oxygens (including phenoxy) is 1. The van der Waals surface area contributed by atoms with Crippen molar-refractivity contribution in [2.45, 2.75) is 36.0 Å². The quantitative estimate of drug-likeness (QED) is 0.737. The number of rotatable bonds is 7. The van der Waals surface area contributed by atoms with Gasteiger partial charge in [0.2, 0.25) is 10.0 Å². The molecule has 9 heteroatoms. The second-order valence-corrected chi connectivity index (χ2v) is 10.1. The number of hydrogen-bond donors (Lipinski definition) is 1. The molecule has 2 aromatic rings. The number of anilines is 1. The number of nitrogens with one attached hydrogen (secondary N) is 1. The molecule has 0 saturated carbocycles. The Morgan fingerprint density at radius 3 is 2.29 bits per heavy atom. The third-order valence-corrected chi connectivity index (χ3v) is 7.80. The molecule has 0 aliphatic carbocycles. The molecule has 0 bridgehead atoms. The van der Waals surface area contributed by atoms with E-state index in [-0.39, 0.29) is 21.2 Å². The molecule has 0 aromatic heterocycles. The first kappa shape index (κ1) is 20.6. The van der Waals surface area contributed by atoms with Gasteiger partial charge in [-0.25, -0.2) is 16.8 Å². The zero-order valence-electron chi connectivity index (χ0n) is 15.7. The van der Waals surface area contributed by atoms with E-state index in [9.17, 15) is 16.8 Å². The van der Waals surface area contributed by atoms with Crippen LogP contribution in [0.4, 0.5) is 5.69 Å². The Hall–Kier alpha value is -2.10. The molecule has 152 valence electrons. The smallest absolute Gasteiger partial charge is 0.261 e. The maximum atomic E-state index is 13.1. The summed E-state index contributed by atoms with van der Waals surface area (Å²) in [5.41, 5.74) is 0.169. The van der Waals surface area contributed by atoms with Gasteiger partial charge in [0, 0.05) is 13.1 Å². The first-order chi connectivity index (χ1) is 13.3. The summed E-state index contributed by atoms with van der Waals surface area (Å²) in [4.78, 5) is 0.0776. The Bertz CT molecular complexity index is 1020. The fourth-order valence-corrected chi connectivity index (χ4v) is 5.85. The molecular weight excluding hydrogens is 400 g/mol. The number of benzene rings is 2. The first-order valence-electron chi connectivity index (χ1n) is 9.19. The summed E-state index contributed by atoms with van der Waals surface area (Å²) >= 11 is 0. The summed E-state index contributed by atoms with van der Waals surface area (Å²) in [6.07, 6.45) is 2.62. The van der Waals surface area contributed by atoms with Crippen LogP contribution in [-0.4, -0.2) is 40.8 Å². The van der Waals surface area contributed by atoms with E-state index < -0.39 is 20.0 Å². The highest BCUT2D eigenvalue weighted by atomic mass is 32.2. The molecule has 0 amide bonds. The lowest BCUT2D eigenvalue weighted by Crippen LogP contribution is -2.35. The van der Waals surface area contributed by atoms with Crippen LogP contribution in [0.25, 0.3) is 0 Å². The molecule has 1 aliphatic heterocycles. The summed E-state index contributed by atoms with van der Waals surface area (Å²) in [5, 5.41) is 0. The molecule has 1 saturated heterocycles. The van der Waals surface area contributed by atoms with Gasteiger partial charge in [0.25, 0.3) is 10.0 Å². The van der Waals surface area contributed by atoms with Gasteiger partial charge in [-0.3, -0.25) is 4.72 Å². The van der Waals surface area contributed by atoms with E-state index in [0.717, 1.165) is 19.3 Å². The fourth-order valence-electron chi connectivity index (χ4n) is 3.11. The van der Waals surface area contributed by atoms with Gasteiger partial charge < -0.3 is 4.74 Å². The zero-order chi connectivity index (χ0) is 20.2. The number of nitrogens with zero attached hydrogens (tertiary/aromatic N) is 1. The SMILES string of the molecule is CCOc1ccc(NS(=O)(=O)c2ccccc2)cc1S(=O)(=O)N1CCCCC1. The molecule has 28 heavy (non-hydrogen) atoms. The maximum absolute atomic E-state index is 13.1. The van der Waals surface area contributed by atoms with Crippen LogP contribution in [0.5, 0.6) is 5.75 Å². The largest absolute Gasteiger partial charge is 0.492 e. The van der Waals surface area contributed by atoms with E-state index in [4.69, 9.17) is 4.74 Å². The molecule has 1 aliphatic rings. The van der Waals surface area contributed by atoms with E-state index in [0.29, 0.717) is 19.7 Å². The highest BCUT2D eigenvalue weighted by molar-refractivity contribution is 7.92. The molecule has 0 unspecified atom stereocenters. The lowest BCUT2D eigenvalue weighted by atomic mass is 10.2. The summed E-state index contributed by atoms with van der Waals surface area (Å²) in [5.74, 6) is 0.218. The predicted molar refractivity (Wildman–Crippen MR) is 107 cm³/mol. The van der Waals surface area contributed by atoms with Crippen LogP contribution in [0.2, 0.25) is 0 Å². The van der Waals surface area contributed by atoms with Crippen molar-refractivity contribution in [3.63, 3.8) is 0 Å². The van der Waals surface area contributed by atoms with Crippen molar-refractivity contribution in [2.75, 3.05) is 24.4 Å². The normalized spacial score (nSPS) is 15.9. The lowest BCUT2D eigenvalue weighted by molar-refractivity contribution is 0.323. The van der Waals surface area contributed by atoms with Crippen molar-refractivity contribution in [3.8, 4) is 5.75 Å². The van der Waals surface area contributed by atoms with Gasteiger partial charge in [-0.15, -0.1) is 0 Å². The van der Waals surface area contributed by atoms with Crippen molar-refractivity contribution in [2.24, 2.45) is 0 Å². The molecular formula is C19H24N2O5S2. The van der Waals surface area contributed by atoms with E-state index in [2.05, 4.69) is 4.72 Å². The second-order valence-electron chi connectivity index (χ2n) is 6.48. The molecule has 1 N–H and O–H groups in total. The van der Waals surface area contributed by atoms with E-state index in [1.165, 1.54) is 34.6 Å². The highest BCUT2D eigenvalue weighted by Crippen LogP contribution is 2.32. The molecule has 0 atom stereocenters. The number of sulfonamides is 2. The van der Waals surface area contributed by atoms with Crippen LogP contribution in [0.15, 0.2) is 58.3 Å². The van der Waals surface area contributed by atoms with Crippen LogP contribution >= 0.6 is 0 Å². The highest BCUT2D eigenvalue weighted by Gasteiger charge is 2.29. The van der Waals surface area contributed by atoms with E-state index in [1.807, 2.05) is 0 Å². The molecule has 7 nitrogen and oxygen atoms in total. The summed E-state index contributed by atoms with van der Waals surface area (Å²) in [6.45, 7) is 2.97. The van der Waals surface area contributed by atoms with Crippen molar-refractivity contribution in [1.82, 2.24) is 4.31 Å². The molecule has 3 rings (SSSR count). The number of hydrogen-bond acceptors (Lipinski definition) is 5. The Balaban J connectivity index is 1.98. The Kier molecular flexibility index (Phi) is 6.26. The van der Waals surface area contributed by atoms with Gasteiger partial charge in [0.1, 0.15) is 10.6 Å².